The summed E-state index contributed by atoms with van der Waals surface area (Å²) in [6, 6.07) is 0. The molecule has 29 heavy (non-hydrogen) atoms. The molecule has 10 fully saturated rings. The van der Waals surface area contributed by atoms with E-state index in [1.54, 1.807) is 88.9 Å². The van der Waals surface area contributed by atoms with Gasteiger partial charge in [0.15, 0.2) is 0 Å². The SMILES string of the molecule is CCCCP(CCCC)[C]12[CH]3[CH]4[CH]5[C]1(P(CCCC)CCCC)[Fe]43521678[CH]2[CH]1[CH]6[CH]7[CH]28. The van der Waals surface area contributed by atoms with Crippen molar-refractivity contribution in [2.45, 2.75) is 126 Å². The molecule has 4 unspecified atom stereocenters. The summed E-state index contributed by atoms with van der Waals surface area (Å²) in [4.78, 5) is 12.3. The molecule has 0 N–H and O–H groups in total. The van der Waals surface area contributed by atoms with Crippen molar-refractivity contribution < 1.29 is 6.51 Å². The van der Waals surface area contributed by atoms with E-state index < -0.39 is 6.51 Å². The summed E-state index contributed by atoms with van der Waals surface area (Å²) in [6.45, 7) is 6.75. The number of unbranched alkanes of at least 4 members (excludes halogenated alkanes) is 4. The Hall–Kier alpha value is 1.38. The minimum atomic E-state index is -3.18. The molecule has 3 heteroatoms. The van der Waals surface area contributed by atoms with E-state index in [4.69, 9.17) is 0 Å². The topological polar surface area (TPSA) is 0 Å². The normalized spacial score (nSPS) is 77.9. The van der Waals surface area contributed by atoms with Crippen molar-refractivity contribution in [1.82, 2.24) is 0 Å². The van der Waals surface area contributed by atoms with E-state index >= 15 is 0 Å². The van der Waals surface area contributed by atoms with Crippen molar-refractivity contribution in [1.29, 1.82) is 0 Å². The van der Waals surface area contributed by atoms with Crippen LogP contribution in [-0.2, 0) is 6.51 Å². The van der Waals surface area contributed by atoms with Crippen molar-refractivity contribution in [2.75, 3.05) is 24.6 Å². The fraction of sp³-hybridized carbons (Fsp3) is 1.00. The number of hydrogen-bond acceptors (Lipinski definition) is 0. The van der Waals surface area contributed by atoms with Gasteiger partial charge in [-0.2, -0.15) is 0 Å². The van der Waals surface area contributed by atoms with Crippen LogP contribution in [0.15, 0.2) is 0 Å². The van der Waals surface area contributed by atoms with Gasteiger partial charge in [0.2, 0.25) is 0 Å². The Morgan fingerprint density at radius 2 is 0.828 bits per heavy atom. The van der Waals surface area contributed by atoms with Crippen LogP contribution >= 0.6 is 15.8 Å². The van der Waals surface area contributed by atoms with Gasteiger partial charge in [0.25, 0.3) is 0 Å². The summed E-state index contributed by atoms with van der Waals surface area (Å²) in [7, 11) is 0.831. The molecule has 0 aromatic carbocycles. The Balaban J connectivity index is 1.19. The fourth-order valence-corrected chi connectivity index (χ4v) is 131. The summed E-state index contributed by atoms with van der Waals surface area (Å²) in [5, 5.41) is 0. The third-order valence-corrected chi connectivity index (χ3v) is 76.9. The zero-order chi connectivity index (χ0) is 19.6. The first-order chi connectivity index (χ1) is 14.0. The van der Waals surface area contributed by atoms with Crippen LogP contribution in [0.1, 0.15) is 79.1 Å². The van der Waals surface area contributed by atoms with Gasteiger partial charge < -0.3 is 0 Å². The Labute approximate surface area is 172 Å². The summed E-state index contributed by atoms with van der Waals surface area (Å²) in [5.41, 5.74) is 0. The van der Waals surface area contributed by atoms with Crippen LogP contribution < -0.4 is 0 Å². The number of hydrogen-bond donors (Lipinski definition) is 0. The van der Waals surface area contributed by atoms with Crippen LogP contribution in [0.2, 0.25) is 38.5 Å². The van der Waals surface area contributed by atoms with E-state index in [0.29, 0.717) is 15.8 Å². The van der Waals surface area contributed by atoms with E-state index in [2.05, 4.69) is 27.7 Å². The average molecular weight is 474 g/mol. The monoisotopic (exact) mass is 474 g/mol. The van der Waals surface area contributed by atoms with Gasteiger partial charge in [0.1, 0.15) is 0 Å². The van der Waals surface area contributed by atoms with E-state index in [1.165, 1.54) is 33.8 Å². The first kappa shape index (κ1) is 16.9. The van der Waals surface area contributed by atoms with Gasteiger partial charge in [-0.05, 0) is 0 Å². The van der Waals surface area contributed by atoms with Gasteiger partial charge in [-0.1, -0.05) is 0 Å². The molecule has 0 aromatic heterocycles. The van der Waals surface area contributed by atoms with Gasteiger partial charge in [-0.25, -0.2) is 0 Å². The number of fused-ring (bicyclic) bond motifs is 10. The van der Waals surface area contributed by atoms with E-state index in [-0.39, 0.29) is 0 Å². The Morgan fingerprint density at radius 1 is 0.517 bits per heavy atom. The predicted octanol–water partition coefficient (Wildman–Crippen LogP) is 9.36. The first-order valence-electron chi connectivity index (χ1n) is 13.7. The summed E-state index contributed by atoms with van der Waals surface area (Å²) >= 11 is 0. The second-order valence-corrected chi connectivity index (χ2v) is 44.4. The molecular weight excluding hydrogens is 430 g/mol. The van der Waals surface area contributed by atoms with E-state index in [9.17, 15) is 0 Å². The van der Waals surface area contributed by atoms with Crippen LogP contribution in [0.3, 0.4) is 0 Å². The molecule has 10 saturated heterocycles. The van der Waals surface area contributed by atoms with Gasteiger partial charge in [-0.3, -0.25) is 0 Å². The maximum absolute atomic E-state index is 3.18. The second-order valence-electron chi connectivity index (χ2n) is 15.1. The molecule has 0 amide bonds. The molecule has 4 atom stereocenters. The molecule has 1 spiro atoms. The molecule has 0 nitrogen and oxygen atoms in total. The van der Waals surface area contributed by atoms with Crippen LogP contribution in [0, 0.1) is 0 Å². The van der Waals surface area contributed by atoms with Crippen molar-refractivity contribution in [3.63, 3.8) is 0 Å². The van der Waals surface area contributed by atoms with Crippen molar-refractivity contribution in [3.05, 3.63) is 0 Å². The van der Waals surface area contributed by atoms with Crippen LogP contribution in [0.5, 0.6) is 0 Å². The molecule has 10 heterocycles. The molecule has 10 aliphatic heterocycles. The van der Waals surface area contributed by atoms with Gasteiger partial charge in [-0.15, -0.1) is 0 Å². The maximum atomic E-state index is 2.48. The second kappa shape index (κ2) is 2.35. The third kappa shape index (κ3) is 0.335. The third-order valence-electron chi connectivity index (χ3n) is 18.7. The first-order valence-corrected chi connectivity index (χ1v) is 23.3. The van der Waals surface area contributed by atoms with Crippen LogP contribution in [0.25, 0.3) is 0 Å². The standard InChI is InChI=1S/C21H39P2.C5H5.Fe/c1-5-9-16-22(17-10-6-2)20-14-13-15-21(20)23(18-11-7-3)19-12-8-4;1-2-4-5-3-1;/h13-15H,5-12,16-19H2,1-4H3;1-5H;. The molecular formula is C26H44FeP2. The summed E-state index contributed by atoms with van der Waals surface area (Å²) in [6.07, 6.45) is 19.2. The molecule has 0 radical (unpaired) electrons. The van der Waals surface area contributed by atoms with E-state index in [1.807, 2.05) is 0 Å². The van der Waals surface area contributed by atoms with Gasteiger partial charge in [0.05, 0.1) is 0 Å². The van der Waals surface area contributed by atoms with Crippen LogP contribution in [-0.4, -0.2) is 32.8 Å². The Kier molecular flexibility index (Phi) is 1.37. The summed E-state index contributed by atoms with van der Waals surface area (Å²) < 4.78 is 2.44. The van der Waals surface area contributed by atoms with E-state index in [0.717, 1.165) is 0 Å². The molecule has 0 aliphatic carbocycles. The predicted molar refractivity (Wildman–Crippen MR) is 128 cm³/mol. The quantitative estimate of drug-likeness (QED) is 0.174. The van der Waals surface area contributed by atoms with Gasteiger partial charge >= 0.3 is 173 Å². The average Bonchev–Trinajstić information content (AvgIpc) is 3.67. The fourth-order valence-electron chi connectivity index (χ4n) is 20.4. The molecule has 166 valence electrons. The molecule has 0 bridgehead atoms. The zero-order valence-electron chi connectivity index (χ0n) is 19.4. The van der Waals surface area contributed by atoms with Gasteiger partial charge in [0, 0.05) is 0 Å². The molecule has 10 aliphatic rings. The number of rotatable bonds is 14. The van der Waals surface area contributed by atoms with Crippen molar-refractivity contribution in [2.24, 2.45) is 0 Å². The Bertz CT molecular complexity index is 1080. The van der Waals surface area contributed by atoms with Crippen molar-refractivity contribution >= 4 is 15.8 Å². The molecule has 0 saturated carbocycles. The van der Waals surface area contributed by atoms with Crippen molar-refractivity contribution in [3.8, 4) is 0 Å². The summed E-state index contributed by atoms with van der Waals surface area (Å²) in [5.74, 6) is 0. The molecule has 10 rings (SSSR count). The Morgan fingerprint density at radius 3 is 1.03 bits per heavy atom. The zero-order valence-corrected chi connectivity index (χ0v) is 22.2. The molecule has 0 aromatic rings. The minimum absolute atomic E-state index is 0.415. The van der Waals surface area contributed by atoms with Crippen LogP contribution in [0.4, 0.5) is 0 Å².